The zero-order chi connectivity index (χ0) is 16.5. The second-order valence-electron chi connectivity index (χ2n) is 6.17. The van der Waals surface area contributed by atoms with E-state index in [-0.39, 0.29) is 29.7 Å². The van der Waals surface area contributed by atoms with Crippen LogP contribution in [0.15, 0.2) is 18.2 Å². The quantitative estimate of drug-likeness (QED) is 0.838. The number of hydrogen-bond donors (Lipinski definition) is 2. The van der Waals surface area contributed by atoms with Gasteiger partial charge in [0.1, 0.15) is 0 Å². The van der Waals surface area contributed by atoms with Crippen molar-refractivity contribution in [2.45, 2.75) is 38.8 Å². The zero-order valence-corrected chi connectivity index (χ0v) is 13.6. The summed E-state index contributed by atoms with van der Waals surface area (Å²) < 4.78 is 26.0. The number of nitrogens with zero attached hydrogens (tertiary/aromatic N) is 1. The second kappa shape index (κ2) is 6.16. The first-order valence-corrected chi connectivity index (χ1v) is 7.42. The maximum Gasteiger partial charge on any atom is 0.243 e. The van der Waals surface area contributed by atoms with E-state index in [1.807, 2.05) is 6.92 Å². The molecule has 0 saturated carbocycles. The summed E-state index contributed by atoms with van der Waals surface area (Å²) in [6.07, 6.45) is 0.839. The topological polar surface area (TPSA) is 44.4 Å². The van der Waals surface area contributed by atoms with Gasteiger partial charge in [0.25, 0.3) is 0 Å². The number of nitrogens with one attached hydrogen (secondary N) is 2. The van der Waals surface area contributed by atoms with Gasteiger partial charge >= 0.3 is 0 Å². The van der Waals surface area contributed by atoms with E-state index in [0.717, 1.165) is 18.6 Å². The Balaban J connectivity index is 1.99. The highest BCUT2D eigenvalue weighted by molar-refractivity contribution is 7.80. The van der Waals surface area contributed by atoms with E-state index in [1.54, 1.807) is 4.90 Å². The third-order valence-corrected chi connectivity index (χ3v) is 3.90. The molecule has 120 valence electrons. The van der Waals surface area contributed by atoms with Crippen molar-refractivity contribution in [1.82, 2.24) is 10.2 Å². The predicted octanol–water partition coefficient (Wildman–Crippen LogP) is 2.65. The van der Waals surface area contributed by atoms with E-state index in [2.05, 4.69) is 24.5 Å². The number of carbonyl (C=O) groups excluding carboxylic acids is 1. The van der Waals surface area contributed by atoms with Crippen molar-refractivity contribution in [3.8, 4) is 0 Å². The normalized spacial score (nSPS) is 20.5. The van der Waals surface area contributed by atoms with E-state index in [9.17, 15) is 13.6 Å². The lowest BCUT2D eigenvalue weighted by molar-refractivity contribution is -0.117. The molecule has 2 rings (SSSR count). The van der Waals surface area contributed by atoms with Crippen LogP contribution in [0.1, 0.15) is 27.2 Å². The molecule has 0 bridgehead atoms. The van der Waals surface area contributed by atoms with E-state index >= 15 is 0 Å². The number of carbonyl (C=O) groups is 1. The van der Waals surface area contributed by atoms with Gasteiger partial charge in [-0.05, 0) is 51.5 Å². The molecule has 1 aromatic rings. The minimum Gasteiger partial charge on any atom is -0.358 e. The Bertz CT molecular complexity index is 606. The number of amides is 1. The van der Waals surface area contributed by atoms with Gasteiger partial charge in [0.05, 0.1) is 6.54 Å². The number of halogens is 2. The summed E-state index contributed by atoms with van der Waals surface area (Å²) in [5, 5.41) is 6.25. The third kappa shape index (κ3) is 3.91. The van der Waals surface area contributed by atoms with Crippen molar-refractivity contribution < 1.29 is 13.6 Å². The number of hydrogen-bond acceptors (Lipinski definition) is 2. The molecule has 1 atom stereocenters. The average Bonchev–Trinajstić information content (AvgIpc) is 2.37. The molecule has 7 heteroatoms. The highest BCUT2D eigenvalue weighted by Crippen LogP contribution is 2.22. The van der Waals surface area contributed by atoms with Crippen LogP contribution in [0.5, 0.6) is 0 Å². The fraction of sp³-hybridized carbons (Fsp3) is 0.467. The van der Waals surface area contributed by atoms with Gasteiger partial charge in [-0.2, -0.15) is 0 Å². The molecule has 1 unspecified atom stereocenters. The highest BCUT2D eigenvalue weighted by Gasteiger charge is 2.33. The molecule has 2 N–H and O–H groups in total. The molecular formula is C15H19F2N3OS. The Labute approximate surface area is 133 Å². The lowest BCUT2D eigenvalue weighted by Crippen LogP contribution is -2.61. The molecule has 1 amide bonds. The zero-order valence-electron chi connectivity index (χ0n) is 12.7. The monoisotopic (exact) mass is 327 g/mol. The van der Waals surface area contributed by atoms with Gasteiger partial charge in [0.2, 0.25) is 5.91 Å². The predicted molar refractivity (Wildman–Crippen MR) is 85.6 cm³/mol. The number of thiocarbonyl (C=S) groups is 1. The van der Waals surface area contributed by atoms with Crippen LogP contribution >= 0.6 is 12.2 Å². The minimum absolute atomic E-state index is 0.0576. The molecule has 1 aliphatic heterocycles. The Hall–Kier alpha value is -1.76. The number of anilines is 1. The largest absolute Gasteiger partial charge is 0.358 e. The molecule has 4 nitrogen and oxygen atoms in total. The fourth-order valence-corrected chi connectivity index (χ4v) is 3.14. The molecule has 0 radical (unpaired) electrons. The van der Waals surface area contributed by atoms with Crippen LogP contribution in [0.4, 0.5) is 14.5 Å². The van der Waals surface area contributed by atoms with Crippen LogP contribution in [0, 0.1) is 11.6 Å². The number of rotatable bonds is 3. The molecule has 1 fully saturated rings. The Kier molecular flexibility index (Phi) is 4.65. The molecule has 1 heterocycles. The molecule has 0 aromatic heterocycles. The average molecular weight is 327 g/mol. The molecule has 0 spiro atoms. The lowest BCUT2D eigenvalue weighted by Gasteiger charge is -2.44. The van der Waals surface area contributed by atoms with Gasteiger partial charge in [0.15, 0.2) is 16.7 Å². The van der Waals surface area contributed by atoms with Crippen molar-refractivity contribution in [3.05, 3.63) is 29.8 Å². The van der Waals surface area contributed by atoms with E-state index in [4.69, 9.17) is 12.2 Å². The summed E-state index contributed by atoms with van der Waals surface area (Å²) in [4.78, 5) is 13.9. The molecule has 22 heavy (non-hydrogen) atoms. The summed E-state index contributed by atoms with van der Waals surface area (Å²) in [5.74, 6) is -2.28. The summed E-state index contributed by atoms with van der Waals surface area (Å²) >= 11 is 5.30. The van der Waals surface area contributed by atoms with Crippen LogP contribution in [0.3, 0.4) is 0 Å². The first kappa shape index (κ1) is 16.6. The first-order chi connectivity index (χ1) is 10.2. The van der Waals surface area contributed by atoms with Gasteiger partial charge in [-0.1, -0.05) is 0 Å². The van der Waals surface area contributed by atoms with Gasteiger partial charge in [-0.25, -0.2) is 8.78 Å². The molecule has 1 aromatic carbocycles. The lowest BCUT2D eigenvalue weighted by atomic mass is 9.93. The van der Waals surface area contributed by atoms with Gasteiger partial charge < -0.3 is 15.5 Å². The van der Waals surface area contributed by atoms with Crippen molar-refractivity contribution in [1.29, 1.82) is 0 Å². The van der Waals surface area contributed by atoms with Crippen molar-refractivity contribution in [2.75, 3.05) is 11.9 Å². The van der Waals surface area contributed by atoms with E-state index < -0.39 is 11.6 Å². The summed E-state index contributed by atoms with van der Waals surface area (Å²) in [6, 6.07) is 3.35. The van der Waals surface area contributed by atoms with Gasteiger partial charge in [-0.15, -0.1) is 0 Å². The Morgan fingerprint density at radius 2 is 2.14 bits per heavy atom. The Morgan fingerprint density at radius 1 is 1.45 bits per heavy atom. The van der Waals surface area contributed by atoms with E-state index in [0.29, 0.717) is 5.11 Å². The summed E-state index contributed by atoms with van der Waals surface area (Å²) in [6.45, 7) is 6.16. The summed E-state index contributed by atoms with van der Waals surface area (Å²) in [7, 11) is 0. The fourth-order valence-electron chi connectivity index (χ4n) is 2.62. The molecule has 0 aliphatic carbocycles. The van der Waals surface area contributed by atoms with Crippen LogP contribution < -0.4 is 10.6 Å². The van der Waals surface area contributed by atoms with Crippen LogP contribution in [0.2, 0.25) is 0 Å². The number of benzene rings is 1. The van der Waals surface area contributed by atoms with E-state index in [1.165, 1.54) is 6.07 Å². The van der Waals surface area contributed by atoms with Crippen molar-refractivity contribution in [3.63, 3.8) is 0 Å². The molecule has 1 aliphatic rings. The maximum absolute atomic E-state index is 13.1. The van der Waals surface area contributed by atoms with Gasteiger partial charge in [0, 0.05) is 23.3 Å². The van der Waals surface area contributed by atoms with Crippen molar-refractivity contribution in [2.24, 2.45) is 0 Å². The first-order valence-electron chi connectivity index (χ1n) is 7.01. The third-order valence-electron chi connectivity index (χ3n) is 3.56. The molecule has 1 saturated heterocycles. The highest BCUT2D eigenvalue weighted by atomic mass is 32.1. The Morgan fingerprint density at radius 3 is 2.73 bits per heavy atom. The van der Waals surface area contributed by atoms with Crippen molar-refractivity contribution >= 4 is 28.9 Å². The maximum atomic E-state index is 13.1. The molecular weight excluding hydrogens is 308 g/mol. The van der Waals surface area contributed by atoms with Gasteiger partial charge in [-0.3, -0.25) is 4.79 Å². The summed E-state index contributed by atoms with van der Waals surface area (Å²) in [5.41, 5.74) is 0.108. The van der Waals surface area contributed by atoms with Crippen LogP contribution in [0.25, 0.3) is 0 Å². The van der Waals surface area contributed by atoms with Crippen LogP contribution in [-0.2, 0) is 4.79 Å². The SMILES string of the molecule is CC1CC(C)(C)NC(=S)N1CC(=O)Nc1ccc(F)c(F)c1. The van der Waals surface area contributed by atoms with Crippen LogP contribution in [-0.4, -0.2) is 34.0 Å². The smallest absolute Gasteiger partial charge is 0.243 e. The minimum atomic E-state index is -0.997. The second-order valence-corrected chi connectivity index (χ2v) is 6.56. The standard InChI is InChI=1S/C15H19F2N3OS/c1-9-7-15(2,3)19-14(22)20(9)8-13(21)18-10-4-5-11(16)12(17)6-10/h4-6,9H,7-8H2,1-3H3,(H,18,21)(H,19,22).